The van der Waals surface area contributed by atoms with E-state index in [1.807, 2.05) is 20.8 Å². The summed E-state index contributed by atoms with van der Waals surface area (Å²) in [5, 5.41) is 0. The molecule has 1 amide bonds. The molecule has 1 atom stereocenters. The van der Waals surface area contributed by atoms with Crippen LogP contribution in [0.2, 0.25) is 0 Å². The Morgan fingerprint density at radius 1 is 1.29 bits per heavy atom. The number of carbonyl (C=O) groups is 1. The summed E-state index contributed by atoms with van der Waals surface area (Å²) in [7, 11) is 1.69. The van der Waals surface area contributed by atoms with Gasteiger partial charge in [-0.2, -0.15) is 0 Å². The molecule has 2 aliphatic rings. The molecule has 17 heavy (non-hydrogen) atoms. The second-order valence-corrected chi connectivity index (χ2v) is 6.23. The number of rotatable bonds is 1. The van der Waals surface area contributed by atoms with Gasteiger partial charge in [-0.3, -0.25) is 4.90 Å². The van der Waals surface area contributed by atoms with Crippen LogP contribution >= 0.6 is 0 Å². The van der Waals surface area contributed by atoms with Crippen molar-refractivity contribution < 1.29 is 14.3 Å². The van der Waals surface area contributed by atoms with Crippen LogP contribution in [0.15, 0.2) is 0 Å². The molecule has 1 unspecified atom stereocenters. The lowest BCUT2D eigenvalue weighted by atomic mass is 9.67. The van der Waals surface area contributed by atoms with Gasteiger partial charge in [-0.25, -0.2) is 4.79 Å². The average Bonchev–Trinajstić information content (AvgIpc) is 2.52. The minimum absolute atomic E-state index is 0.0916. The van der Waals surface area contributed by atoms with E-state index in [1.165, 1.54) is 19.3 Å². The van der Waals surface area contributed by atoms with Crippen LogP contribution in [0.3, 0.4) is 0 Å². The van der Waals surface area contributed by atoms with Crippen LogP contribution in [0.4, 0.5) is 4.79 Å². The SMILES string of the molecule is COC1N(C(=O)OC(C)(C)C)CCC12CCC2. The fraction of sp³-hybridized carbons (Fsp3) is 0.923. The number of carbonyl (C=O) groups excluding carboxylic acids is 1. The maximum Gasteiger partial charge on any atom is 0.412 e. The van der Waals surface area contributed by atoms with Crippen LogP contribution in [0, 0.1) is 5.41 Å². The monoisotopic (exact) mass is 241 g/mol. The van der Waals surface area contributed by atoms with Crippen molar-refractivity contribution in [2.75, 3.05) is 13.7 Å². The van der Waals surface area contributed by atoms with Gasteiger partial charge in [-0.1, -0.05) is 6.42 Å². The normalized spacial score (nSPS) is 27.1. The number of ether oxygens (including phenoxy) is 2. The lowest BCUT2D eigenvalue weighted by Gasteiger charge is -2.43. The predicted octanol–water partition coefficient (Wildman–Crippen LogP) is 2.77. The molecule has 2 fully saturated rings. The number of amides is 1. The summed E-state index contributed by atoms with van der Waals surface area (Å²) in [4.78, 5) is 13.8. The molecule has 1 spiro atoms. The second kappa shape index (κ2) is 4.16. The number of methoxy groups -OCH3 is 1. The molecule has 0 bridgehead atoms. The van der Waals surface area contributed by atoms with E-state index in [9.17, 15) is 4.79 Å². The van der Waals surface area contributed by atoms with Crippen LogP contribution in [-0.4, -0.2) is 36.5 Å². The van der Waals surface area contributed by atoms with E-state index in [2.05, 4.69) is 0 Å². The number of likely N-dealkylation sites (tertiary alicyclic amines) is 1. The Morgan fingerprint density at radius 3 is 2.35 bits per heavy atom. The zero-order chi connectivity index (χ0) is 12.7. The van der Waals surface area contributed by atoms with Crippen molar-refractivity contribution in [3.8, 4) is 0 Å². The summed E-state index contributed by atoms with van der Waals surface area (Å²) in [6.45, 7) is 6.43. The Balaban J connectivity index is 2.04. The Labute approximate surface area is 103 Å². The molecule has 1 aliphatic carbocycles. The van der Waals surface area contributed by atoms with Crippen LogP contribution in [0.1, 0.15) is 46.5 Å². The van der Waals surface area contributed by atoms with Gasteiger partial charge in [0.2, 0.25) is 0 Å². The lowest BCUT2D eigenvalue weighted by molar-refractivity contribution is -0.103. The van der Waals surface area contributed by atoms with Gasteiger partial charge >= 0.3 is 6.09 Å². The van der Waals surface area contributed by atoms with Gasteiger partial charge in [0, 0.05) is 19.1 Å². The van der Waals surface area contributed by atoms with Crippen LogP contribution in [-0.2, 0) is 9.47 Å². The second-order valence-electron chi connectivity index (χ2n) is 6.23. The Hall–Kier alpha value is -0.770. The van der Waals surface area contributed by atoms with Gasteiger partial charge in [0.25, 0.3) is 0 Å². The fourth-order valence-corrected chi connectivity index (χ4v) is 2.93. The van der Waals surface area contributed by atoms with Crippen LogP contribution in [0.25, 0.3) is 0 Å². The Bertz CT molecular complexity index is 304. The zero-order valence-corrected chi connectivity index (χ0v) is 11.3. The molecule has 0 radical (unpaired) electrons. The van der Waals surface area contributed by atoms with Crippen molar-refractivity contribution in [2.24, 2.45) is 5.41 Å². The summed E-state index contributed by atoms with van der Waals surface area (Å²) in [6, 6.07) is 0. The predicted molar refractivity (Wildman–Crippen MR) is 64.6 cm³/mol. The highest BCUT2D eigenvalue weighted by atomic mass is 16.6. The molecule has 4 nitrogen and oxygen atoms in total. The first-order chi connectivity index (χ1) is 7.88. The van der Waals surface area contributed by atoms with E-state index in [-0.39, 0.29) is 17.7 Å². The Morgan fingerprint density at radius 2 is 1.94 bits per heavy atom. The maximum atomic E-state index is 12.1. The van der Waals surface area contributed by atoms with Gasteiger partial charge in [0.15, 0.2) is 0 Å². The molecule has 1 saturated heterocycles. The molecular weight excluding hydrogens is 218 g/mol. The minimum atomic E-state index is -0.440. The summed E-state index contributed by atoms with van der Waals surface area (Å²) in [5.74, 6) is 0. The molecule has 1 aliphatic heterocycles. The highest BCUT2D eigenvalue weighted by Crippen LogP contribution is 2.52. The van der Waals surface area contributed by atoms with Crippen molar-refractivity contribution in [2.45, 2.75) is 58.3 Å². The molecule has 0 N–H and O–H groups in total. The van der Waals surface area contributed by atoms with E-state index >= 15 is 0 Å². The zero-order valence-electron chi connectivity index (χ0n) is 11.3. The molecule has 0 aromatic carbocycles. The molecular formula is C13H23NO3. The first kappa shape index (κ1) is 12.7. The summed E-state index contributed by atoms with van der Waals surface area (Å²) in [5.41, 5.74) is -0.226. The molecule has 4 heteroatoms. The first-order valence-corrected chi connectivity index (χ1v) is 6.40. The molecule has 0 aromatic heterocycles. The standard InChI is InChI=1S/C13H23NO3/c1-12(2,3)17-11(15)14-9-8-13(6-5-7-13)10(14)16-4/h10H,5-9H2,1-4H3. The van der Waals surface area contributed by atoms with Crippen molar-refractivity contribution in [3.05, 3.63) is 0 Å². The molecule has 1 heterocycles. The highest BCUT2D eigenvalue weighted by molar-refractivity contribution is 5.69. The largest absolute Gasteiger partial charge is 0.444 e. The van der Waals surface area contributed by atoms with Crippen molar-refractivity contribution in [3.63, 3.8) is 0 Å². The van der Waals surface area contributed by atoms with E-state index in [0.717, 1.165) is 13.0 Å². The van der Waals surface area contributed by atoms with E-state index in [4.69, 9.17) is 9.47 Å². The maximum absolute atomic E-state index is 12.1. The van der Waals surface area contributed by atoms with Crippen LogP contribution < -0.4 is 0 Å². The lowest BCUT2D eigenvalue weighted by Crippen LogP contribution is -2.48. The first-order valence-electron chi connectivity index (χ1n) is 6.40. The van der Waals surface area contributed by atoms with Gasteiger partial charge in [0.1, 0.15) is 11.8 Å². The molecule has 2 rings (SSSR count). The number of hydrogen-bond acceptors (Lipinski definition) is 3. The molecule has 0 aromatic rings. The van der Waals surface area contributed by atoms with Gasteiger partial charge in [-0.05, 0) is 40.0 Å². The average molecular weight is 241 g/mol. The smallest absolute Gasteiger partial charge is 0.412 e. The number of hydrogen-bond donors (Lipinski definition) is 0. The molecule has 1 saturated carbocycles. The van der Waals surface area contributed by atoms with Gasteiger partial charge in [-0.15, -0.1) is 0 Å². The quantitative estimate of drug-likeness (QED) is 0.708. The van der Waals surface area contributed by atoms with Crippen molar-refractivity contribution in [1.29, 1.82) is 0 Å². The van der Waals surface area contributed by atoms with Gasteiger partial charge < -0.3 is 9.47 Å². The third-order valence-corrected chi connectivity index (χ3v) is 3.86. The Kier molecular flexibility index (Phi) is 3.10. The van der Waals surface area contributed by atoms with Gasteiger partial charge in [0.05, 0.1) is 0 Å². The summed E-state index contributed by atoms with van der Waals surface area (Å²) < 4.78 is 11.0. The molecule has 98 valence electrons. The van der Waals surface area contributed by atoms with Crippen LogP contribution in [0.5, 0.6) is 0 Å². The topological polar surface area (TPSA) is 38.8 Å². The third kappa shape index (κ3) is 2.28. The minimum Gasteiger partial charge on any atom is -0.444 e. The van der Waals surface area contributed by atoms with Crippen molar-refractivity contribution in [1.82, 2.24) is 4.90 Å². The van der Waals surface area contributed by atoms with E-state index < -0.39 is 5.60 Å². The van der Waals surface area contributed by atoms with E-state index in [1.54, 1.807) is 12.0 Å². The summed E-state index contributed by atoms with van der Waals surface area (Å²) in [6.07, 6.45) is 4.31. The van der Waals surface area contributed by atoms with E-state index in [0.29, 0.717) is 0 Å². The van der Waals surface area contributed by atoms with Crippen molar-refractivity contribution >= 4 is 6.09 Å². The third-order valence-electron chi connectivity index (χ3n) is 3.86. The fourth-order valence-electron chi connectivity index (χ4n) is 2.93. The highest BCUT2D eigenvalue weighted by Gasteiger charge is 2.53. The summed E-state index contributed by atoms with van der Waals surface area (Å²) >= 11 is 0. The number of nitrogens with zero attached hydrogens (tertiary/aromatic N) is 1.